The fraction of sp³-hybridized carbons (Fsp3) is 0.154. The third-order valence-corrected chi connectivity index (χ3v) is 2.54. The molecule has 1 aromatic heterocycles. The standard InChI is InChI=1S/C13H14N2O2/c1-3-6-14-13(16)11-8-15-12-5-4-9(17-2)7-10(11)12/h3-5,7-8,15H,1,6H2,2H3,(H,14,16). The van der Waals surface area contributed by atoms with Crippen LogP contribution in [0.5, 0.6) is 5.75 Å². The molecule has 1 aromatic carbocycles. The molecule has 17 heavy (non-hydrogen) atoms. The topological polar surface area (TPSA) is 54.1 Å². The molecule has 0 spiro atoms. The molecule has 2 N–H and O–H groups in total. The van der Waals surface area contributed by atoms with Crippen LogP contribution in [0.1, 0.15) is 10.4 Å². The van der Waals surface area contributed by atoms with Gasteiger partial charge in [-0.25, -0.2) is 0 Å². The second-order valence-corrected chi connectivity index (χ2v) is 3.61. The Balaban J connectivity index is 2.39. The second kappa shape index (κ2) is 4.74. The molecule has 88 valence electrons. The van der Waals surface area contributed by atoms with Crippen molar-refractivity contribution in [3.05, 3.63) is 42.6 Å². The number of H-pyrrole nitrogens is 1. The largest absolute Gasteiger partial charge is 0.497 e. The molecule has 0 aliphatic carbocycles. The lowest BCUT2D eigenvalue weighted by Gasteiger charge is -2.02. The van der Waals surface area contributed by atoms with Crippen LogP contribution in [0.2, 0.25) is 0 Å². The molecule has 0 atom stereocenters. The van der Waals surface area contributed by atoms with Gasteiger partial charge < -0.3 is 15.0 Å². The molecular weight excluding hydrogens is 216 g/mol. The minimum absolute atomic E-state index is 0.121. The lowest BCUT2D eigenvalue weighted by Crippen LogP contribution is -2.22. The molecule has 0 aliphatic heterocycles. The summed E-state index contributed by atoms with van der Waals surface area (Å²) in [5.41, 5.74) is 1.52. The van der Waals surface area contributed by atoms with Crippen LogP contribution >= 0.6 is 0 Å². The third kappa shape index (κ3) is 2.15. The van der Waals surface area contributed by atoms with E-state index in [0.717, 1.165) is 16.7 Å². The van der Waals surface area contributed by atoms with Crippen molar-refractivity contribution in [1.29, 1.82) is 0 Å². The quantitative estimate of drug-likeness (QED) is 0.790. The monoisotopic (exact) mass is 230 g/mol. The van der Waals surface area contributed by atoms with Gasteiger partial charge in [-0.2, -0.15) is 0 Å². The molecule has 0 fully saturated rings. The zero-order chi connectivity index (χ0) is 12.3. The van der Waals surface area contributed by atoms with Crippen molar-refractivity contribution in [2.75, 3.05) is 13.7 Å². The van der Waals surface area contributed by atoms with Gasteiger partial charge in [-0.15, -0.1) is 6.58 Å². The highest BCUT2D eigenvalue weighted by Gasteiger charge is 2.11. The zero-order valence-corrected chi connectivity index (χ0v) is 9.62. The molecule has 0 saturated carbocycles. The number of benzene rings is 1. The average Bonchev–Trinajstić information content (AvgIpc) is 2.78. The number of amides is 1. The lowest BCUT2D eigenvalue weighted by molar-refractivity contribution is 0.0959. The van der Waals surface area contributed by atoms with Gasteiger partial charge in [-0.1, -0.05) is 6.08 Å². The number of rotatable bonds is 4. The molecule has 2 rings (SSSR count). The molecule has 0 aliphatic rings. The maximum atomic E-state index is 11.9. The number of carbonyl (C=O) groups excluding carboxylic acids is 1. The van der Waals surface area contributed by atoms with Crippen LogP contribution in [0.15, 0.2) is 37.1 Å². The summed E-state index contributed by atoms with van der Waals surface area (Å²) in [6, 6.07) is 5.58. The molecule has 0 radical (unpaired) electrons. The minimum atomic E-state index is -0.121. The summed E-state index contributed by atoms with van der Waals surface area (Å²) in [5.74, 6) is 0.610. The first-order chi connectivity index (χ1) is 8.26. The van der Waals surface area contributed by atoms with Crippen molar-refractivity contribution in [1.82, 2.24) is 10.3 Å². The fourth-order valence-corrected chi connectivity index (χ4v) is 1.67. The van der Waals surface area contributed by atoms with Crippen LogP contribution in [0.3, 0.4) is 0 Å². The van der Waals surface area contributed by atoms with E-state index in [-0.39, 0.29) is 5.91 Å². The summed E-state index contributed by atoms with van der Waals surface area (Å²) in [5, 5.41) is 3.60. The summed E-state index contributed by atoms with van der Waals surface area (Å²) in [7, 11) is 1.60. The van der Waals surface area contributed by atoms with E-state index < -0.39 is 0 Å². The van der Waals surface area contributed by atoms with E-state index in [4.69, 9.17) is 4.74 Å². The highest BCUT2D eigenvalue weighted by atomic mass is 16.5. The van der Waals surface area contributed by atoms with Crippen molar-refractivity contribution in [3.8, 4) is 5.75 Å². The molecule has 0 unspecified atom stereocenters. The van der Waals surface area contributed by atoms with Gasteiger partial charge in [0.2, 0.25) is 0 Å². The van der Waals surface area contributed by atoms with E-state index in [9.17, 15) is 4.79 Å². The highest BCUT2D eigenvalue weighted by Crippen LogP contribution is 2.23. The summed E-state index contributed by atoms with van der Waals surface area (Å²) in [6.07, 6.45) is 3.34. The van der Waals surface area contributed by atoms with E-state index >= 15 is 0 Å². The summed E-state index contributed by atoms with van der Waals surface area (Å²) < 4.78 is 5.15. The van der Waals surface area contributed by atoms with Gasteiger partial charge in [0.05, 0.1) is 12.7 Å². The Kier molecular flexibility index (Phi) is 3.14. The number of aromatic nitrogens is 1. The smallest absolute Gasteiger partial charge is 0.253 e. The predicted octanol–water partition coefficient (Wildman–Crippen LogP) is 2.09. The maximum Gasteiger partial charge on any atom is 0.253 e. The van der Waals surface area contributed by atoms with E-state index in [1.165, 1.54) is 0 Å². The van der Waals surface area contributed by atoms with Crippen LogP contribution in [0, 0.1) is 0 Å². The van der Waals surface area contributed by atoms with Gasteiger partial charge in [0.1, 0.15) is 5.75 Å². The first-order valence-corrected chi connectivity index (χ1v) is 5.30. The number of ether oxygens (including phenoxy) is 1. The number of aromatic amines is 1. The maximum absolute atomic E-state index is 11.9. The van der Waals surface area contributed by atoms with Crippen molar-refractivity contribution >= 4 is 16.8 Å². The number of methoxy groups -OCH3 is 1. The second-order valence-electron chi connectivity index (χ2n) is 3.61. The summed E-state index contributed by atoms with van der Waals surface area (Å²) in [4.78, 5) is 14.9. The summed E-state index contributed by atoms with van der Waals surface area (Å²) >= 11 is 0. The van der Waals surface area contributed by atoms with Crippen molar-refractivity contribution in [2.24, 2.45) is 0 Å². The Hall–Kier alpha value is -2.23. The SMILES string of the molecule is C=CCNC(=O)c1c[nH]c2ccc(OC)cc12. The van der Waals surface area contributed by atoms with Gasteiger partial charge in [0, 0.05) is 23.6 Å². The third-order valence-electron chi connectivity index (χ3n) is 2.54. The first kappa shape index (κ1) is 11.3. The van der Waals surface area contributed by atoms with Gasteiger partial charge in [0.25, 0.3) is 5.91 Å². The molecule has 2 aromatic rings. The van der Waals surface area contributed by atoms with Gasteiger partial charge in [-0.05, 0) is 18.2 Å². The zero-order valence-electron chi connectivity index (χ0n) is 9.62. The van der Waals surface area contributed by atoms with E-state index in [1.54, 1.807) is 19.4 Å². The highest BCUT2D eigenvalue weighted by molar-refractivity contribution is 6.07. The molecule has 0 saturated heterocycles. The molecular formula is C13H14N2O2. The van der Waals surface area contributed by atoms with Crippen LogP contribution < -0.4 is 10.1 Å². The minimum Gasteiger partial charge on any atom is -0.497 e. The Morgan fingerprint density at radius 3 is 3.12 bits per heavy atom. The Morgan fingerprint density at radius 1 is 1.59 bits per heavy atom. The van der Waals surface area contributed by atoms with E-state index in [0.29, 0.717) is 12.1 Å². The van der Waals surface area contributed by atoms with Gasteiger partial charge >= 0.3 is 0 Å². The number of hydrogen-bond donors (Lipinski definition) is 2. The number of fused-ring (bicyclic) bond motifs is 1. The van der Waals surface area contributed by atoms with E-state index in [2.05, 4.69) is 16.9 Å². The number of carbonyl (C=O) groups is 1. The summed E-state index contributed by atoms with van der Waals surface area (Å²) in [6.45, 7) is 4.01. The lowest BCUT2D eigenvalue weighted by atomic mass is 10.1. The van der Waals surface area contributed by atoms with Crippen LogP contribution in [-0.2, 0) is 0 Å². The number of hydrogen-bond acceptors (Lipinski definition) is 2. The Morgan fingerprint density at radius 2 is 2.41 bits per heavy atom. The molecule has 1 amide bonds. The van der Waals surface area contributed by atoms with Crippen molar-refractivity contribution in [2.45, 2.75) is 0 Å². The predicted molar refractivity (Wildman–Crippen MR) is 67.4 cm³/mol. The molecule has 4 nitrogen and oxygen atoms in total. The molecule has 1 heterocycles. The Bertz CT molecular complexity index is 558. The van der Waals surface area contributed by atoms with E-state index in [1.807, 2.05) is 18.2 Å². The average molecular weight is 230 g/mol. The fourth-order valence-electron chi connectivity index (χ4n) is 1.67. The first-order valence-electron chi connectivity index (χ1n) is 5.30. The Labute approximate surface area is 99.3 Å². The van der Waals surface area contributed by atoms with Crippen LogP contribution in [0.25, 0.3) is 10.9 Å². The molecule has 4 heteroatoms. The van der Waals surface area contributed by atoms with Crippen LogP contribution in [0.4, 0.5) is 0 Å². The normalized spacial score (nSPS) is 10.2. The molecule has 0 bridgehead atoms. The van der Waals surface area contributed by atoms with Crippen molar-refractivity contribution in [3.63, 3.8) is 0 Å². The van der Waals surface area contributed by atoms with Gasteiger partial charge in [0.15, 0.2) is 0 Å². The number of nitrogens with one attached hydrogen (secondary N) is 2. The van der Waals surface area contributed by atoms with Crippen molar-refractivity contribution < 1.29 is 9.53 Å². The van der Waals surface area contributed by atoms with Crippen LogP contribution in [-0.4, -0.2) is 24.5 Å². The van der Waals surface area contributed by atoms with Gasteiger partial charge in [-0.3, -0.25) is 4.79 Å².